The number of carboxylic acid groups (broad SMARTS) is 1. The topological polar surface area (TPSA) is 84.3 Å². The van der Waals surface area contributed by atoms with Crippen molar-refractivity contribution >= 4 is 35.1 Å². The molecule has 2 rings (SSSR count). The summed E-state index contributed by atoms with van der Waals surface area (Å²) in [5.74, 6) is 0.505. The number of ether oxygens (including phenoxy) is 1. The molecule has 2 aromatic rings. The number of carboxylic acids is 1. The number of halogens is 1. The van der Waals surface area contributed by atoms with Crippen molar-refractivity contribution in [3.05, 3.63) is 41.6 Å². The smallest absolute Gasteiger partial charge is 0.317 e. The Hall–Kier alpha value is -1.99. The van der Waals surface area contributed by atoms with E-state index >= 15 is 0 Å². The quantitative estimate of drug-likeness (QED) is 0.174. The third-order valence-corrected chi connectivity index (χ3v) is 5.50. The van der Waals surface area contributed by atoms with Crippen LogP contribution in [-0.2, 0) is 4.79 Å². The molecule has 6 nitrogen and oxygen atoms in total. The van der Waals surface area contributed by atoms with E-state index in [4.69, 9.17) is 16.3 Å². The Labute approximate surface area is 181 Å². The van der Waals surface area contributed by atoms with Crippen LogP contribution in [0.3, 0.4) is 0 Å². The molecule has 0 amide bonds. The number of carbonyl (C=O) groups is 1. The molecule has 0 saturated heterocycles. The summed E-state index contributed by atoms with van der Waals surface area (Å²) in [6, 6.07) is 11.2. The summed E-state index contributed by atoms with van der Waals surface area (Å²) in [5, 5.41) is 12.7. The minimum Gasteiger partial charge on any atom is -0.492 e. The van der Waals surface area contributed by atoms with Gasteiger partial charge in [0.1, 0.15) is 28.6 Å². The molecule has 8 heteroatoms. The van der Waals surface area contributed by atoms with Gasteiger partial charge in [0.05, 0.1) is 6.54 Å². The van der Waals surface area contributed by atoms with E-state index in [-0.39, 0.29) is 5.15 Å². The van der Waals surface area contributed by atoms with Crippen molar-refractivity contribution in [2.75, 3.05) is 18.5 Å². The highest BCUT2D eigenvalue weighted by atomic mass is 35.5. The van der Waals surface area contributed by atoms with Crippen LogP contribution < -0.4 is 10.1 Å². The number of aromatic nitrogens is 2. The molecule has 0 aliphatic carbocycles. The van der Waals surface area contributed by atoms with Gasteiger partial charge in [-0.1, -0.05) is 80.6 Å². The van der Waals surface area contributed by atoms with E-state index in [1.807, 2.05) is 30.3 Å². The van der Waals surface area contributed by atoms with Gasteiger partial charge in [-0.05, 0) is 18.6 Å². The minimum atomic E-state index is -0.847. The van der Waals surface area contributed by atoms with Crippen LogP contribution in [0.5, 0.6) is 5.75 Å². The Morgan fingerprint density at radius 3 is 2.69 bits per heavy atom. The zero-order valence-corrected chi connectivity index (χ0v) is 18.2. The summed E-state index contributed by atoms with van der Waals surface area (Å²) in [6.07, 6.45) is 6.01. The number of aliphatic carboxylic acids is 1. The highest BCUT2D eigenvalue weighted by molar-refractivity contribution is 8.00. The summed E-state index contributed by atoms with van der Waals surface area (Å²) in [4.78, 5) is 20.2. The van der Waals surface area contributed by atoms with E-state index in [0.717, 1.165) is 36.8 Å². The molecule has 158 valence electrons. The third kappa shape index (κ3) is 9.37. The van der Waals surface area contributed by atoms with Gasteiger partial charge in [-0.2, -0.15) is 0 Å². The standard InChI is InChI=1S/C21H28ClN3O3S/c1-2-3-4-5-9-12-17(20(26)27)29-21-24-18(22)15-19(25-21)23-13-14-28-16-10-7-6-8-11-16/h6-8,10-11,15,17H,2-5,9,12-14H2,1H3,(H,26,27)(H,23,24,25). The maximum Gasteiger partial charge on any atom is 0.317 e. The van der Waals surface area contributed by atoms with Crippen molar-refractivity contribution in [1.82, 2.24) is 9.97 Å². The Morgan fingerprint density at radius 1 is 1.21 bits per heavy atom. The molecule has 0 fully saturated rings. The van der Waals surface area contributed by atoms with Gasteiger partial charge >= 0.3 is 5.97 Å². The van der Waals surface area contributed by atoms with Gasteiger partial charge in [-0.3, -0.25) is 4.79 Å². The average Bonchev–Trinajstić information content (AvgIpc) is 2.70. The number of anilines is 1. The average molecular weight is 438 g/mol. The first-order chi connectivity index (χ1) is 14.1. The lowest BCUT2D eigenvalue weighted by Gasteiger charge is -2.12. The Balaban J connectivity index is 1.84. The number of nitrogens with one attached hydrogen (secondary N) is 1. The number of benzene rings is 1. The van der Waals surface area contributed by atoms with Crippen molar-refractivity contribution in [3.63, 3.8) is 0 Å². The van der Waals surface area contributed by atoms with Crippen molar-refractivity contribution in [2.45, 2.75) is 55.9 Å². The Kier molecular flexibility index (Phi) is 10.7. The molecule has 0 bridgehead atoms. The van der Waals surface area contributed by atoms with E-state index in [1.54, 1.807) is 6.07 Å². The predicted molar refractivity (Wildman–Crippen MR) is 118 cm³/mol. The molecule has 0 aliphatic rings. The number of para-hydroxylation sites is 1. The number of rotatable bonds is 14. The highest BCUT2D eigenvalue weighted by Crippen LogP contribution is 2.27. The third-order valence-electron chi connectivity index (χ3n) is 4.19. The normalized spacial score (nSPS) is 11.8. The number of nitrogens with zero attached hydrogens (tertiary/aromatic N) is 2. The lowest BCUT2D eigenvalue weighted by Crippen LogP contribution is -2.17. The zero-order chi connectivity index (χ0) is 20.9. The Morgan fingerprint density at radius 2 is 1.97 bits per heavy atom. The molecule has 1 aromatic heterocycles. The maximum atomic E-state index is 11.6. The van der Waals surface area contributed by atoms with E-state index in [2.05, 4.69) is 22.2 Å². The van der Waals surface area contributed by atoms with Crippen molar-refractivity contribution in [3.8, 4) is 5.75 Å². The lowest BCUT2D eigenvalue weighted by molar-refractivity contribution is -0.136. The van der Waals surface area contributed by atoms with E-state index < -0.39 is 11.2 Å². The molecule has 1 heterocycles. The fourth-order valence-electron chi connectivity index (χ4n) is 2.70. The van der Waals surface area contributed by atoms with E-state index in [0.29, 0.717) is 30.5 Å². The lowest BCUT2D eigenvalue weighted by atomic mass is 10.1. The van der Waals surface area contributed by atoms with Crippen LogP contribution in [0.4, 0.5) is 5.82 Å². The van der Waals surface area contributed by atoms with Gasteiger partial charge in [0.25, 0.3) is 0 Å². The molecular formula is C21H28ClN3O3S. The van der Waals surface area contributed by atoms with E-state index in [1.165, 1.54) is 12.8 Å². The van der Waals surface area contributed by atoms with Crippen LogP contribution in [0.15, 0.2) is 41.6 Å². The van der Waals surface area contributed by atoms with Crippen LogP contribution >= 0.6 is 23.4 Å². The van der Waals surface area contributed by atoms with Gasteiger partial charge in [0.2, 0.25) is 0 Å². The molecule has 1 aromatic carbocycles. The van der Waals surface area contributed by atoms with Crippen LogP contribution in [0.2, 0.25) is 5.15 Å². The van der Waals surface area contributed by atoms with Gasteiger partial charge in [-0.25, -0.2) is 9.97 Å². The summed E-state index contributed by atoms with van der Waals surface area (Å²) in [5.41, 5.74) is 0. The van der Waals surface area contributed by atoms with Crippen LogP contribution in [-0.4, -0.2) is 39.4 Å². The number of thioether (sulfide) groups is 1. The second kappa shape index (κ2) is 13.3. The van der Waals surface area contributed by atoms with Crippen LogP contribution in [0.25, 0.3) is 0 Å². The summed E-state index contributed by atoms with van der Waals surface area (Å²) >= 11 is 7.25. The molecular weight excluding hydrogens is 410 g/mol. The predicted octanol–water partition coefficient (Wildman–Crippen LogP) is 5.53. The largest absolute Gasteiger partial charge is 0.492 e. The highest BCUT2D eigenvalue weighted by Gasteiger charge is 2.20. The van der Waals surface area contributed by atoms with Gasteiger partial charge < -0.3 is 15.2 Å². The summed E-state index contributed by atoms with van der Waals surface area (Å²) < 4.78 is 5.63. The molecule has 0 aliphatic heterocycles. The van der Waals surface area contributed by atoms with Crippen LogP contribution in [0.1, 0.15) is 45.4 Å². The first kappa shape index (κ1) is 23.3. The SMILES string of the molecule is CCCCCCCC(Sc1nc(Cl)cc(NCCOc2ccccc2)n1)C(=O)O. The molecule has 29 heavy (non-hydrogen) atoms. The molecule has 1 atom stereocenters. The van der Waals surface area contributed by atoms with Crippen molar-refractivity contribution < 1.29 is 14.6 Å². The first-order valence-corrected chi connectivity index (χ1v) is 11.2. The fourth-order valence-corrected chi connectivity index (χ4v) is 3.87. The first-order valence-electron chi connectivity index (χ1n) is 9.94. The van der Waals surface area contributed by atoms with Gasteiger partial charge in [0.15, 0.2) is 5.16 Å². The molecule has 0 spiro atoms. The van der Waals surface area contributed by atoms with Gasteiger partial charge in [-0.15, -0.1) is 0 Å². The monoisotopic (exact) mass is 437 g/mol. The second-order valence-corrected chi connectivity index (χ2v) is 8.15. The Bertz CT molecular complexity index is 749. The molecule has 0 radical (unpaired) electrons. The van der Waals surface area contributed by atoms with Crippen molar-refractivity contribution in [2.24, 2.45) is 0 Å². The zero-order valence-electron chi connectivity index (χ0n) is 16.6. The summed E-state index contributed by atoms with van der Waals surface area (Å²) in [6.45, 7) is 3.15. The summed E-state index contributed by atoms with van der Waals surface area (Å²) in [7, 11) is 0. The second-order valence-electron chi connectivity index (χ2n) is 6.59. The van der Waals surface area contributed by atoms with Crippen molar-refractivity contribution in [1.29, 1.82) is 0 Å². The molecule has 2 N–H and O–H groups in total. The fraction of sp³-hybridized carbons (Fsp3) is 0.476. The van der Waals surface area contributed by atoms with Crippen LogP contribution in [0, 0.1) is 0 Å². The number of hydrogen-bond acceptors (Lipinski definition) is 6. The van der Waals surface area contributed by atoms with E-state index in [9.17, 15) is 9.90 Å². The van der Waals surface area contributed by atoms with Gasteiger partial charge in [0, 0.05) is 6.07 Å². The minimum absolute atomic E-state index is 0.279. The maximum absolute atomic E-state index is 11.6. The number of hydrogen-bond donors (Lipinski definition) is 2. The molecule has 0 saturated carbocycles. The number of unbranched alkanes of at least 4 members (excludes halogenated alkanes) is 4. The molecule has 1 unspecified atom stereocenters.